The van der Waals surface area contributed by atoms with Crippen LogP contribution in [0, 0.1) is 5.92 Å². The average molecular weight is 332 g/mol. The first-order chi connectivity index (χ1) is 11.2. The van der Waals surface area contributed by atoms with Crippen LogP contribution in [0.2, 0.25) is 0 Å². The molecular weight excluding hydrogens is 304 g/mol. The van der Waals surface area contributed by atoms with Crippen molar-refractivity contribution in [2.75, 3.05) is 18.5 Å². The van der Waals surface area contributed by atoms with Crippen LogP contribution in [0.3, 0.4) is 0 Å². The number of nitrogens with zero attached hydrogens (tertiary/aromatic N) is 2. The third-order valence-corrected chi connectivity index (χ3v) is 4.65. The van der Waals surface area contributed by atoms with Gasteiger partial charge in [0.1, 0.15) is 11.9 Å². The Bertz CT molecular complexity index is 627. The van der Waals surface area contributed by atoms with Crippen molar-refractivity contribution in [3.63, 3.8) is 0 Å². The minimum absolute atomic E-state index is 0.0126. The molecule has 1 unspecified atom stereocenters. The van der Waals surface area contributed by atoms with Gasteiger partial charge in [0.25, 0.3) is 5.91 Å². The summed E-state index contributed by atoms with van der Waals surface area (Å²) in [6.07, 6.45) is 1.70. The van der Waals surface area contributed by atoms with Crippen LogP contribution < -0.4 is 15.5 Å². The predicted octanol–water partition coefficient (Wildman–Crippen LogP) is 1.45. The SMILES string of the molecule is CNC(C)C(=O)N[C@H](C(=O)N1CC(C)(C)c2cccnc21)C(C)C. The van der Waals surface area contributed by atoms with Crippen molar-refractivity contribution in [2.24, 2.45) is 5.92 Å². The number of likely N-dealkylation sites (N-methyl/N-ethyl adjacent to an activating group) is 1. The Morgan fingerprint density at radius 1 is 1.29 bits per heavy atom. The fourth-order valence-corrected chi connectivity index (χ4v) is 2.97. The quantitative estimate of drug-likeness (QED) is 0.856. The van der Waals surface area contributed by atoms with Gasteiger partial charge in [-0.05, 0) is 26.0 Å². The Hall–Kier alpha value is -1.95. The van der Waals surface area contributed by atoms with E-state index in [1.54, 1.807) is 25.1 Å². The van der Waals surface area contributed by atoms with Crippen molar-refractivity contribution in [3.8, 4) is 0 Å². The molecule has 1 aromatic rings. The number of nitrogens with one attached hydrogen (secondary N) is 2. The summed E-state index contributed by atoms with van der Waals surface area (Å²) in [5.74, 6) is 0.409. The molecule has 132 valence electrons. The monoisotopic (exact) mass is 332 g/mol. The Balaban J connectivity index is 2.27. The summed E-state index contributed by atoms with van der Waals surface area (Å²) in [6, 6.07) is 2.99. The maximum absolute atomic E-state index is 13.1. The number of amides is 2. The van der Waals surface area contributed by atoms with Crippen LogP contribution in [0.25, 0.3) is 0 Å². The standard InChI is InChI=1S/C18H28N4O2/c1-11(2)14(21-16(23)12(3)19-6)17(24)22-10-18(4,5)13-8-7-9-20-15(13)22/h7-9,11-12,14,19H,10H2,1-6H3,(H,21,23)/t12?,14-/m0/s1. The third-order valence-electron chi connectivity index (χ3n) is 4.65. The van der Waals surface area contributed by atoms with Crippen LogP contribution in [0.5, 0.6) is 0 Å². The van der Waals surface area contributed by atoms with Gasteiger partial charge in [-0.2, -0.15) is 0 Å². The second-order valence-electron chi connectivity index (χ2n) is 7.42. The first-order valence-corrected chi connectivity index (χ1v) is 8.43. The number of hydrogen-bond acceptors (Lipinski definition) is 4. The normalized spacial score (nSPS) is 18.2. The lowest BCUT2D eigenvalue weighted by molar-refractivity contribution is -0.129. The third kappa shape index (κ3) is 3.43. The Kier molecular flexibility index (Phi) is 5.28. The van der Waals surface area contributed by atoms with Crippen molar-refractivity contribution in [1.82, 2.24) is 15.6 Å². The second kappa shape index (κ2) is 6.89. The minimum Gasteiger partial charge on any atom is -0.343 e. The van der Waals surface area contributed by atoms with Gasteiger partial charge in [0.05, 0.1) is 6.04 Å². The molecule has 1 aliphatic heterocycles. The zero-order valence-corrected chi connectivity index (χ0v) is 15.4. The molecular formula is C18H28N4O2. The van der Waals surface area contributed by atoms with Gasteiger partial charge in [-0.25, -0.2) is 4.98 Å². The van der Waals surface area contributed by atoms with Crippen molar-refractivity contribution < 1.29 is 9.59 Å². The molecule has 0 aliphatic carbocycles. The molecule has 0 radical (unpaired) electrons. The number of carbonyl (C=O) groups excluding carboxylic acids is 2. The van der Waals surface area contributed by atoms with Crippen molar-refractivity contribution in [2.45, 2.75) is 52.1 Å². The van der Waals surface area contributed by atoms with E-state index in [9.17, 15) is 9.59 Å². The van der Waals surface area contributed by atoms with Gasteiger partial charge in [0.2, 0.25) is 5.91 Å². The number of anilines is 1. The molecule has 2 N–H and O–H groups in total. The largest absolute Gasteiger partial charge is 0.343 e. The number of rotatable bonds is 5. The molecule has 0 bridgehead atoms. The van der Waals surface area contributed by atoms with Gasteiger partial charge in [0.15, 0.2) is 0 Å². The molecule has 0 aromatic carbocycles. The van der Waals surface area contributed by atoms with Gasteiger partial charge in [-0.1, -0.05) is 33.8 Å². The summed E-state index contributed by atoms with van der Waals surface area (Å²) < 4.78 is 0. The lowest BCUT2D eigenvalue weighted by Gasteiger charge is -2.28. The number of aromatic nitrogens is 1. The summed E-state index contributed by atoms with van der Waals surface area (Å²) in [7, 11) is 1.72. The zero-order valence-electron chi connectivity index (χ0n) is 15.4. The van der Waals surface area contributed by atoms with Crippen LogP contribution in [0.4, 0.5) is 5.82 Å². The summed E-state index contributed by atoms with van der Waals surface area (Å²) in [5, 5.41) is 5.78. The fraction of sp³-hybridized carbons (Fsp3) is 0.611. The molecule has 0 spiro atoms. The summed E-state index contributed by atoms with van der Waals surface area (Å²) in [6.45, 7) is 10.4. The smallest absolute Gasteiger partial charge is 0.251 e. The van der Waals surface area contributed by atoms with Gasteiger partial charge in [-0.3, -0.25) is 14.5 Å². The van der Waals surface area contributed by atoms with Crippen LogP contribution in [-0.4, -0.2) is 42.5 Å². The molecule has 2 heterocycles. The van der Waals surface area contributed by atoms with E-state index < -0.39 is 6.04 Å². The second-order valence-corrected chi connectivity index (χ2v) is 7.42. The molecule has 1 aromatic heterocycles. The van der Waals surface area contributed by atoms with Gasteiger partial charge >= 0.3 is 0 Å². The summed E-state index contributed by atoms with van der Waals surface area (Å²) in [4.78, 5) is 31.5. The van der Waals surface area contributed by atoms with E-state index in [-0.39, 0.29) is 29.2 Å². The Morgan fingerprint density at radius 3 is 2.54 bits per heavy atom. The molecule has 1 aliphatic rings. The maximum Gasteiger partial charge on any atom is 0.251 e. The Morgan fingerprint density at radius 2 is 1.96 bits per heavy atom. The summed E-state index contributed by atoms with van der Waals surface area (Å²) in [5.41, 5.74) is 0.916. The van der Waals surface area contributed by atoms with Crippen LogP contribution in [-0.2, 0) is 15.0 Å². The van der Waals surface area contributed by atoms with E-state index in [4.69, 9.17) is 0 Å². The van der Waals surface area contributed by atoms with E-state index in [1.807, 2.05) is 26.0 Å². The highest BCUT2D eigenvalue weighted by Gasteiger charge is 2.41. The first-order valence-electron chi connectivity index (χ1n) is 8.43. The van der Waals surface area contributed by atoms with Crippen LogP contribution in [0.15, 0.2) is 18.3 Å². The van der Waals surface area contributed by atoms with E-state index in [0.717, 1.165) is 5.56 Å². The maximum atomic E-state index is 13.1. The highest BCUT2D eigenvalue weighted by molar-refractivity contribution is 6.01. The topological polar surface area (TPSA) is 74.3 Å². The molecule has 0 saturated heterocycles. The fourth-order valence-electron chi connectivity index (χ4n) is 2.97. The van der Waals surface area contributed by atoms with Crippen molar-refractivity contribution in [3.05, 3.63) is 23.9 Å². The lowest BCUT2D eigenvalue weighted by Crippen LogP contribution is -2.55. The van der Waals surface area contributed by atoms with E-state index in [2.05, 4.69) is 29.5 Å². The molecule has 0 fully saturated rings. The van der Waals surface area contributed by atoms with E-state index in [0.29, 0.717) is 12.4 Å². The van der Waals surface area contributed by atoms with Gasteiger partial charge in [0, 0.05) is 23.7 Å². The molecule has 24 heavy (non-hydrogen) atoms. The van der Waals surface area contributed by atoms with Crippen molar-refractivity contribution in [1.29, 1.82) is 0 Å². The molecule has 6 heteroatoms. The molecule has 2 amide bonds. The minimum atomic E-state index is -0.572. The van der Waals surface area contributed by atoms with Gasteiger partial charge in [-0.15, -0.1) is 0 Å². The van der Waals surface area contributed by atoms with Crippen LogP contribution >= 0.6 is 0 Å². The van der Waals surface area contributed by atoms with E-state index >= 15 is 0 Å². The molecule has 0 saturated carbocycles. The highest BCUT2D eigenvalue weighted by Crippen LogP contribution is 2.39. The van der Waals surface area contributed by atoms with Crippen molar-refractivity contribution >= 4 is 17.6 Å². The molecule has 2 atom stereocenters. The Labute approximate surface area is 144 Å². The lowest BCUT2D eigenvalue weighted by atomic mass is 9.88. The van der Waals surface area contributed by atoms with E-state index in [1.165, 1.54) is 0 Å². The average Bonchev–Trinajstić information content (AvgIpc) is 2.82. The zero-order chi connectivity index (χ0) is 18.1. The number of hydrogen-bond donors (Lipinski definition) is 2. The number of pyridine rings is 1. The predicted molar refractivity (Wildman–Crippen MR) is 94.9 cm³/mol. The number of fused-ring (bicyclic) bond motifs is 1. The number of carbonyl (C=O) groups is 2. The van der Waals surface area contributed by atoms with Gasteiger partial charge < -0.3 is 10.6 Å². The summed E-state index contributed by atoms with van der Waals surface area (Å²) >= 11 is 0. The first kappa shape index (κ1) is 18.4. The highest BCUT2D eigenvalue weighted by atomic mass is 16.2. The molecule has 6 nitrogen and oxygen atoms in total. The molecule has 2 rings (SSSR count). The van der Waals surface area contributed by atoms with Crippen LogP contribution in [0.1, 0.15) is 40.2 Å².